The molecule has 0 unspecified atom stereocenters. The molecule has 0 aromatic carbocycles. The third-order valence-electron chi connectivity index (χ3n) is 0.0913. The summed E-state index contributed by atoms with van der Waals surface area (Å²) < 4.78 is 0. The van der Waals surface area contributed by atoms with E-state index >= 15 is 0 Å². The highest BCUT2D eigenvalue weighted by atomic mass is 79.9. The monoisotopic (exact) mass is 161 g/mol. The minimum Gasteiger partial charge on any atom is -0.193 e. The van der Waals surface area contributed by atoms with Crippen LogP contribution in [-0.4, -0.2) is 0 Å². The molecule has 0 saturated carbocycles. The molecule has 1 nitrogen and oxygen atoms in total. The standard InChI is InChI=1S/C3H3N.C2H4.BrH/c1-2-3-4;1-2;/h2H,1H2;1-2H2;1H. The van der Waals surface area contributed by atoms with Crippen molar-refractivity contribution in [3.63, 3.8) is 0 Å². The van der Waals surface area contributed by atoms with Gasteiger partial charge >= 0.3 is 0 Å². The molecule has 0 aromatic rings. The second-order valence-corrected chi connectivity index (χ2v) is 0.333. The molecule has 7 heavy (non-hydrogen) atoms. The molecule has 0 rings (SSSR count). The van der Waals surface area contributed by atoms with E-state index in [4.69, 9.17) is 5.26 Å². The van der Waals surface area contributed by atoms with Crippen molar-refractivity contribution in [2.24, 2.45) is 0 Å². The zero-order chi connectivity index (χ0) is 5.41. The fourth-order valence-corrected chi connectivity index (χ4v) is 0. The molecule has 0 atom stereocenters. The molecule has 2 heteroatoms. The average Bonchev–Trinajstić information content (AvgIpc) is 1.72. The first-order valence-electron chi connectivity index (χ1n) is 1.42. The molecule has 0 saturated heterocycles. The topological polar surface area (TPSA) is 23.8 Å². The first kappa shape index (κ1) is 16.1. The van der Waals surface area contributed by atoms with Crippen molar-refractivity contribution in [1.29, 1.82) is 5.26 Å². The van der Waals surface area contributed by atoms with Crippen LogP contribution in [0.15, 0.2) is 25.8 Å². The van der Waals surface area contributed by atoms with E-state index in [-0.39, 0.29) is 17.0 Å². The molecular formula is C5H8BrN. The van der Waals surface area contributed by atoms with Crippen LogP contribution in [0.4, 0.5) is 0 Å². The predicted molar refractivity (Wildman–Crippen MR) is 37.4 cm³/mol. The molecule has 0 N–H and O–H groups in total. The summed E-state index contributed by atoms with van der Waals surface area (Å²) in [5, 5.41) is 7.51. The zero-order valence-electron chi connectivity index (χ0n) is 4.05. The Kier molecular flexibility index (Phi) is 118. The van der Waals surface area contributed by atoms with Gasteiger partial charge in [-0.15, -0.1) is 30.1 Å². The van der Waals surface area contributed by atoms with Gasteiger partial charge in [-0.1, -0.05) is 6.58 Å². The lowest BCUT2D eigenvalue weighted by Crippen LogP contribution is -1.23. The molecule has 0 aromatic heterocycles. The van der Waals surface area contributed by atoms with E-state index in [2.05, 4.69) is 19.7 Å². The van der Waals surface area contributed by atoms with Gasteiger partial charge in [0.25, 0.3) is 0 Å². The highest BCUT2D eigenvalue weighted by Gasteiger charge is 1.34. The molecule has 0 spiro atoms. The Morgan fingerprint density at radius 3 is 1.57 bits per heavy atom. The van der Waals surface area contributed by atoms with Crippen LogP contribution in [0.2, 0.25) is 0 Å². The van der Waals surface area contributed by atoms with E-state index < -0.39 is 0 Å². The summed E-state index contributed by atoms with van der Waals surface area (Å²) in [7, 11) is 0. The van der Waals surface area contributed by atoms with E-state index in [9.17, 15) is 0 Å². The van der Waals surface area contributed by atoms with Crippen molar-refractivity contribution < 1.29 is 0 Å². The summed E-state index contributed by atoms with van der Waals surface area (Å²) in [5.74, 6) is 0. The minimum atomic E-state index is 0. The van der Waals surface area contributed by atoms with Crippen LogP contribution in [0.3, 0.4) is 0 Å². The van der Waals surface area contributed by atoms with Gasteiger partial charge in [0, 0.05) is 6.08 Å². The minimum absolute atomic E-state index is 0. The van der Waals surface area contributed by atoms with Gasteiger partial charge in [-0.05, 0) is 0 Å². The normalized spacial score (nSPS) is 2.71. The Balaban J connectivity index is -0.0000000480. The Morgan fingerprint density at radius 1 is 1.43 bits per heavy atom. The molecule has 0 bridgehead atoms. The number of halogens is 1. The lowest BCUT2D eigenvalue weighted by atomic mass is 10.8. The largest absolute Gasteiger partial charge is 0.193 e. The Morgan fingerprint density at radius 2 is 1.57 bits per heavy atom. The second kappa shape index (κ2) is 51.3. The maximum atomic E-state index is 7.51. The van der Waals surface area contributed by atoms with Gasteiger partial charge in [-0.25, -0.2) is 0 Å². The predicted octanol–water partition coefficient (Wildman–Crippen LogP) is 2.08. The maximum Gasteiger partial charge on any atom is 0.0905 e. The molecule has 0 fully saturated rings. The number of nitriles is 1. The van der Waals surface area contributed by atoms with Crippen LogP contribution in [-0.2, 0) is 0 Å². The van der Waals surface area contributed by atoms with Crippen molar-refractivity contribution in [3.05, 3.63) is 25.8 Å². The first-order chi connectivity index (χ1) is 2.91. The molecule has 0 aliphatic carbocycles. The van der Waals surface area contributed by atoms with Crippen molar-refractivity contribution in [2.45, 2.75) is 0 Å². The van der Waals surface area contributed by atoms with Gasteiger partial charge in [0.15, 0.2) is 0 Å². The number of rotatable bonds is 0. The molecule has 0 aliphatic heterocycles. The van der Waals surface area contributed by atoms with Gasteiger partial charge in [0.2, 0.25) is 0 Å². The summed E-state index contributed by atoms with van der Waals surface area (Å²) in [6.45, 7) is 9.12. The van der Waals surface area contributed by atoms with Crippen LogP contribution in [0, 0.1) is 11.3 Å². The van der Waals surface area contributed by atoms with E-state index in [0.29, 0.717) is 0 Å². The summed E-state index contributed by atoms with van der Waals surface area (Å²) in [4.78, 5) is 0. The fourth-order valence-electron chi connectivity index (χ4n) is 0. The van der Waals surface area contributed by atoms with Crippen LogP contribution in [0.25, 0.3) is 0 Å². The van der Waals surface area contributed by atoms with Crippen molar-refractivity contribution in [1.82, 2.24) is 0 Å². The smallest absolute Gasteiger partial charge is 0.0905 e. The Hall–Kier alpha value is -0.550. The number of hydrogen-bond acceptors (Lipinski definition) is 1. The fraction of sp³-hybridized carbons (Fsp3) is 0. The van der Waals surface area contributed by atoms with E-state index in [1.54, 1.807) is 6.07 Å². The second-order valence-electron chi connectivity index (χ2n) is 0.333. The first-order valence-corrected chi connectivity index (χ1v) is 1.42. The lowest BCUT2D eigenvalue weighted by molar-refractivity contribution is 1.54. The van der Waals surface area contributed by atoms with Crippen LogP contribution in [0.5, 0.6) is 0 Å². The Bertz CT molecular complexity index is 63.0. The molecule has 0 heterocycles. The quantitative estimate of drug-likeness (QED) is 0.395. The molecule has 0 amide bonds. The van der Waals surface area contributed by atoms with E-state index in [1.807, 2.05) is 0 Å². The third-order valence-corrected chi connectivity index (χ3v) is 0.0913. The SMILES string of the molecule is Br.C=C.C=CC#N. The van der Waals surface area contributed by atoms with Gasteiger partial charge < -0.3 is 0 Å². The summed E-state index contributed by atoms with van der Waals surface area (Å²) >= 11 is 0. The summed E-state index contributed by atoms with van der Waals surface area (Å²) in [6, 6.07) is 1.69. The van der Waals surface area contributed by atoms with Crippen molar-refractivity contribution >= 4 is 17.0 Å². The maximum absolute atomic E-state index is 7.51. The van der Waals surface area contributed by atoms with Crippen LogP contribution >= 0.6 is 17.0 Å². The molecule has 0 radical (unpaired) electrons. The Labute approximate surface area is 54.7 Å². The lowest BCUT2D eigenvalue weighted by Gasteiger charge is -1.31. The number of allylic oxidation sites excluding steroid dienone is 1. The number of hydrogen-bond donors (Lipinski definition) is 0. The van der Waals surface area contributed by atoms with Gasteiger partial charge in [-0.2, -0.15) is 5.26 Å². The van der Waals surface area contributed by atoms with Crippen LogP contribution < -0.4 is 0 Å². The van der Waals surface area contributed by atoms with Crippen molar-refractivity contribution in [2.75, 3.05) is 0 Å². The highest BCUT2D eigenvalue weighted by molar-refractivity contribution is 8.93. The molecular weight excluding hydrogens is 154 g/mol. The highest BCUT2D eigenvalue weighted by Crippen LogP contribution is 1.41. The summed E-state index contributed by atoms with van der Waals surface area (Å²) in [5.41, 5.74) is 0. The molecule has 0 aliphatic rings. The molecule has 40 valence electrons. The van der Waals surface area contributed by atoms with E-state index in [0.717, 1.165) is 0 Å². The van der Waals surface area contributed by atoms with E-state index in [1.165, 1.54) is 6.08 Å². The van der Waals surface area contributed by atoms with Gasteiger partial charge in [-0.3, -0.25) is 0 Å². The third kappa shape index (κ3) is 320. The van der Waals surface area contributed by atoms with Gasteiger partial charge in [0.05, 0.1) is 6.07 Å². The average molecular weight is 162 g/mol. The summed E-state index contributed by atoms with van der Waals surface area (Å²) in [6.07, 6.45) is 1.18. The van der Waals surface area contributed by atoms with Gasteiger partial charge in [0.1, 0.15) is 0 Å². The zero-order valence-corrected chi connectivity index (χ0v) is 5.77. The van der Waals surface area contributed by atoms with Crippen molar-refractivity contribution in [3.8, 4) is 6.07 Å². The number of nitrogens with zero attached hydrogens (tertiary/aromatic N) is 1. The van der Waals surface area contributed by atoms with Crippen LogP contribution in [0.1, 0.15) is 0 Å².